The van der Waals surface area contributed by atoms with Gasteiger partial charge in [-0.15, -0.1) is 0 Å². The highest BCUT2D eigenvalue weighted by Gasteiger charge is 2.15. The Hall–Kier alpha value is -7.33. The largest absolute Gasteiger partial charge is 0.497 e. The van der Waals surface area contributed by atoms with Crippen molar-refractivity contribution in [2.75, 3.05) is 14.2 Å². The third-order valence-corrected chi connectivity index (χ3v) is 10.2. The zero-order valence-electron chi connectivity index (χ0n) is 40.2. The first kappa shape index (κ1) is 55.0. The van der Waals surface area contributed by atoms with Gasteiger partial charge in [-0.1, -0.05) is 210 Å². The number of hydrogen-bond acceptors (Lipinski definition) is 8. The predicted molar refractivity (Wildman–Crippen MR) is 281 cm³/mol. The molecular formula is C58H62B2O8. The summed E-state index contributed by atoms with van der Waals surface area (Å²) in [5.41, 5.74) is 14.2. The van der Waals surface area contributed by atoms with Gasteiger partial charge in [-0.3, -0.25) is 9.59 Å². The molecule has 0 aliphatic carbocycles. The first-order valence-corrected chi connectivity index (χ1v) is 22.0. The van der Waals surface area contributed by atoms with Crippen LogP contribution in [0.5, 0.6) is 11.5 Å². The predicted octanol–water partition coefficient (Wildman–Crippen LogP) is 10.3. The van der Waals surface area contributed by atoms with Gasteiger partial charge in [0.05, 0.1) is 14.2 Å². The molecule has 8 aromatic carbocycles. The lowest BCUT2D eigenvalue weighted by Gasteiger charge is -2.07. The molecule has 8 aromatic rings. The van der Waals surface area contributed by atoms with Gasteiger partial charge < -0.3 is 29.6 Å². The SMILES string of the molecule is COc1ccccc1-c1ccc(C=O)cc1.COc1ccccc1B(O)O.Cc1ccc(C)c(-c2ccccc2)c1.Cc1ccc(C)c(B(O)O)c1.Cc1ccc(C=O)cc1.Cc1ccccc1. The second kappa shape index (κ2) is 30.1. The number of aryl methyl sites for hydroxylation is 6. The molecule has 0 saturated carbocycles. The van der Waals surface area contributed by atoms with Crippen LogP contribution in [0.4, 0.5) is 0 Å². The molecule has 68 heavy (non-hydrogen) atoms. The smallest absolute Gasteiger partial charge is 0.492 e. The Morgan fingerprint density at radius 1 is 0.368 bits per heavy atom. The Morgan fingerprint density at radius 3 is 1.25 bits per heavy atom. The first-order chi connectivity index (χ1) is 32.7. The fourth-order valence-electron chi connectivity index (χ4n) is 6.39. The summed E-state index contributed by atoms with van der Waals surface area (Å²) < 4.78 is 10.2. The van der Waals surface area contributed by atoms with Crippen molar-refractivity contribution < 1.29 is 39.2 Å². The Labute approximate surface area is 403 Å². The third-order valence-electron chi connectivity index (χ3n) is 10.2. The van der Waals surface area contributed by atoms with Crippen LogP contribution < -0.4 is 20.4 Å². The maximum absolute atomic E-state index is 10.6. The van der Waals surface area contributed by atoms with Crippen LogP contribution in [0.3, 0.4) is 0 Å². The minimum absolute atomic E-state index is 0.384. The molecule has 0 aromatic heterocycles. The van der Waals surface area contributed by atoms with Gasteiger partial charge in [0, 0.05) is 22.2 Å². The highest BCUT2D eigenvalue weighted by atomic mass is 16.5. The maximum Gasteiger partial charge on any atom is 0.492 e. The van der Waals surface area contributed by atoms with Crippen molar-refractivity contribution in [2.45, 2.75) is 41.5 Å². The molecule has 0 aliphatic heterocycles. The van der Waals surface area contributed by atoms with Crippen LogP contribution in [0.1, 0.15) is 54.1 Å². The number of aldehydes is 2. The van der Waals surface area contributed by atoms with Crippen molar-refractivity contribution in [3.63, 3.8) is 0 Å². The van der Waals surface area contributed by atoms with Gasteiger partial charge in [0.25, 0.3) is 0 Å². The molecule has 0 saturated heterocycles. The summed E-state index contributed by atoms with van der Waals surface area (Å²) in [6, 6.07) is 62.4. The van der Waals surface area contributed by atoms with E-state index in [4.69, 9.17) is 29.6 Å². The van der Waals surface area contributed by atoms with E-state index in [0.29, 0.717) is 22.2 Å². The molecule has 0 aliphatic rings. The minimum Gasteiger partial charge on any atom is -0.497 e. The molecule has 8 rings (SSSR count). The summed E-state index contributed by atoms with van der Waals surface area (Å²) in [4.78, 5) is 20.7. The van der Waals surface area contributed by atoms with Crippen LogP contribution in [0.25, 0.3) is 22.3 Å². The van der Waals surface area contributed by atoms with Gasteiger partial charge >= 0.3 is 14.2 Å². The summed E-state index contributed by atoms with van der Waals surface area (Å²) in [6.45, 7) is 12.1. The maximum atomic E-state index is 10.6. The average molecular weight is 909 g/mol. The number of methoxy groups -OCH3 is 2. The van der Waals surface area contributed by atoms with E-state index >= 15 is 0 Å². The van der Waals surface area contributed by atoms with Gasteiger partial charge in [-0.25, -0.2) is 0 Å². The van der Waals surface area contributed by atoms with E-state index in [1.54, 1.807) is 49.6 Å². The van der Waals surface area contributed by atoms with Crippen molar-refractivity contribution in [1.82, 2.24) is 0 Å². The van der Waals surface area contributed by atoms with Gasteiger partial charge in [0.15, 0.2) is 0 Å². The fourth-order valence-corrected chi connectivity index (χ4v) is 6.39. The van der Waals surface area contributed by atoms with Gasteiger partial charge in [0.2, 0.25) is 0 Å². The quantitative estimate of drug-likeness (QED) is 0.0875. The molecule has 0 heterocycles. The molecule has 0 bridgehead atoms. The number of carbonyl (C=O) groups is 2. The van der Waals surface area contributed by atoms with Crippen molar-refractivity contribution >= 4 is 37.7 Å². The molecule has 0 atom stereocenters. The molecule has 0 spiro atoms. The highest BCUT2D eigenvalue weighted by Crippen LogP contribution is 2.29. The molecule has 0 unspecified atom stereocenters. The average Bonchev–Trinajstić information content (AvgIpc) is 3.37. The van der Waals surface area contributed by atoms with Crippen molar-refractivity contribution in [2.24, 2.45) is 0 Å². The molecular weight excluding hydrogens is 846 g/mol. The van der Waals surface area contributed by atoms with Crippen molar-refractivity contribution in [1.29, 1.82) is 0 Å². The second-order valence-corrected chi connectivity index (χ2v) is 15.7. The summed E-state index contributed by atoms with van der Waals surface area (Å²) >= 11 is 0. The Kier molecular flexibility index (Phi) is 24.3. The topological polar surface area (TPSA) is 134 Å². The molecule has 0 amide bonds. The van der Waals surface area contributed by atoms with Crippen LogP contribution in [-0.2, 0) is 0 Å². The minimum atomic E-state index is -1.47. The molecule has 8 nitrogen and oxygen atoms in total. The molecule has 0 fully saturated rings. The zero-order chi connectivity index (χ0) is 49.8. The second-order valence-electron chi connectivity index (χ2n) is 15.7. The Morgan fingerprint density at radius 2 is 0.779 bits per heavy atom. The summed E-state index contributed by atoms with van der Waals surface area (Å²) in [6.07, 6.45) is 1.69. The van der Waals surface area contributed by atoms with E-state index in [0.717, 1.165) is 46.1 Å². The summed E-state index contributed by atoms with van der Waals surface area (Å²) in [5.74, 6) is 1.32. The third kappa shape index (κ3) is 19.3. The first-order valence-electron chi connectivity index (χ1n) is 22.0. The van der Waals surface area contributed by atoms with Gasteiger partial charge in [0.1, 0.15) is 24.1 Å². The fraction of sp³-hybridized carbons (Fsp3) is 0.138. The van der Waals surface area contributed by atoms with E-state index in [2.05, 4.69) is 81.4 Å². The normalized spacial score (nSPS) is 9.59. The number of ether oxygens (including phenoxy) is 2. The van der Waals surface area contributed by atoms with E-state index in [-0.39, 0.29) is 0 Å². The van der Waals surface area contributed by atoms with Gasteiger partial charge in [-0.2, -0.15) is 0 Å². The zero-order valence-corrected chi connectivity index (χ0v) is 40.2. The van der Waals surface area contributed by atoms with Crippen molar-refractivity contribution in [3.05, 3.63) is 239 Å². The molecule has 348 valence electrons. The number of carbonyl (C=O) groups excluding carboxylic acids is 2. The Balaban J connectivity index is 0.000000220. The van der Waals surface area contributed by atoms with Crippen molar-refractivity contribution in [3.8, 4) is 33.8 Å². The van der Waals surface area contributed by atoms with E-state index in [1.807, 2.05) is 112 Å². The van der Waals surface area contributed by atoms with Crippen LogP contribution in [0, 0.1) is 41.5 Å². The lowest BCUT2D eigenvalue weighted by atomic mass is 9.77. The summed E-state index contributed by atoms with van der Waals surface area (Å²) in [7, 11) is 0.320. The van der Waals surface area contributed by atoms with Crippen LogP contribution >= 0.6 is 0 Å². The van der Waals surface area contributed by atoms with Crippen LogP contribution in [-0.4, -0.2) is 61.1 Å². The van der Waals surface area contributed by atoms with Gasteiger partial charge in [-0.05, 0) is 81.4 Å². The van der Waals surface area contributed by atoms with Crippen LogP contribution in [0.2, 0.25) is 0 Å². The number of benzene rings is 8. The number of hydrogen-bond donors (Lipinski definition) is 4. The monoisotopic (exact) mass is 908 g/mol. The Bertz CT molecular complexity index is 2690. The van der Waals surface area contributed by atoms with E-state index < -0.39 is 14.2 Å². The number of para-hydroxylation sites is 2. The number of rotatable bonds is 8. The lowest BCUT2D eigenvalue weighted by molar-refractivity contribution is 0.111. The molecule has 4 N–H and O–H groups in total. The molecule has 10 heteroatoms. The molecule has 0 radical (unpaired) electrons. The van der Waals surface area contributed by atoms with E-state index in [9.17, 15) is 9.59 Å². The van der Waals surface area contributed by atoms with Crippen LogP contribution in [0.15, 0.2) is 194 Å². The lowest BCUT2D eigenvalue weighted by Crippen LogP contribution is -2.32. The van der Waals surface area contributed by atoms with E-state index in [1.165, 1.54) is 40.5 Å². The highest BCUT2D eigenvalue weighted by molar-refractivity contribution is 6.59. The summed E-state index contributed by atoms with van der Waals surface area (Å²) in [5, 5.41) is 35.4. The standard InChI is InChI=1S/C14H12O2.C14H14.C8H11BO2.C8H8O.C7H9BO3.C7H8/c1-16-14-5-3-2-4-13(14)12-8-6-11(10-15)7-9-12;1-11-8-9-12(2)14(10-11)13-6-4-3-5-7-13;1-6-3-4-7(2)8(5-6)9(10)11;1-7-2-4-8(6-9)5-3-7;1-11-7-5-3-2-4-6(7)8(9)10;1-7-5-3-2-4-6-7/h2-10H,1H3;3-10H,1-2H3;3-5,10-11H,1-2H3;2-6H,1H3;2-5,9-10H,1H3;2-6H,1H3.